The van der Waals surface area contributed by atoms with Gasteiger partial charge in [-0.2, -0.15) is 0 Å². The third-order valence-corrected chi connectivity index (χ3v) is 3.37. The van der Waals surface area contributed by atoms with Gasteiger partial charge in [-0.3, -0.25) is 4.79 Å². The van der Waals surface area contributed by atoms with E-state index < -0.39 is 0 Å². The van der Waals surface area contributed by atoms with Crippen molar-refractivity contribution in [3.63, 3.8) is 0 Å². The van der Waals surface area contributed by atoms with E-state index in [-0.39, 0.29) is 5.97 Å². The van der Waals surface area contributed by atoms with Crippen LogP contribution in [0.1, 0.15) is 23.1 Å². The fraction of sp³-hybridized carbons (Fsp3) is 0.462. The first-order valence-electron chi connectivity index (χ1n) is 5.72. The summed E-state index contributed by atoms with van der Waals surface area (Å²) in [6.07, 6.45) is 5.63. The smallest absolute Gasteiger partial charge is 0.310 e. The van der Waals surface area contributed by atoms with Crippen LogP contribution in [0.5, 0.6) is 0 Å². The Balaban J connectivity index is 2.28. The monoisotopic (exact) mass is 253 g/mol. The van der Waals surface area contributed by atoms with Gasteiger partial charge >= 0.3 is 5.97 Å². The SMILES string of the molecule is C/C=C/CCNCc1ccc(CC(=O)OC)s1. The maximum absolute atomic E-state index is 11.1. The molecule has 0 aliphatic carbocycles. The average Bonchev–Trinajstić information content (AvgIpc) is 2.76. The molecule has 1 rings (SSSR count). The van der Waals surface area contributed by atoms with Crippen LogP contribution < -0.4 is 5.32 Å². The largest absolute Gasteiger partial charge is 0.469 e. The summed E-state index contributed by atoms with van der Waals surface area (Å²) in [6.45, 7) is 3.87. The molecule has 4 heteroatoms. The van der Waals surface area contributed by atoms with Gasteiger partial charge in [0.15, 0.2) is 0 Å². The lowest BCUT2D eigenvalue weighted by Crippen LogP contribution is -2.12. The topological polar surface area (TPSA) is 38.3 Å². The molecule has 0 radical (unpaired) electrons. The van der Waals surface area contributed by atoms with Crippen LogP contribution in [0, 0.1) is 0 Å². The highest BCUT2D eigenvalue weighted by atomic mass is 32.1. The summed E-state index contributed by atoms with van der Waals surface area (Å²) in [4.78, 5) is 13.4. The van der Waals surface area contributed by atoms with E-state index in [9.17, 15) is 4.79 Å². The van der Waals surface area contributed by atoms with Crippen LogP contribution in [0.15, 0.2) is 24.3 Å². The molecule has 0 aliphatic heterocycles. The second kappa shape index (κ2) is 8.03. The van der Waals surface area contributed by atoms with Gasteiger partial charge in [-0.25, -0.2) is 0 Å². The molecule has 0 saturated heterocycles. The van der Waals surface area contributed by atoms with Crippen LogP contribution in [-0.2, 0) is 22.5 Å². The molecule has 1 N–H and O–H groups in total. The number of nitrogens with one attached hydrogen (secondary N) is 1. The minimum absolute atomic E-state index is 0.181. The first-order chi connectivity index (χ1) is 8.26. The first-order valence-corrected chi connectivity index (χ1v) is 6.54. The molecule has 94 valence electrons. The quantitative estimate of drug-likeness (QED) is 0.461. The van der Waals surface area contributed by atoms with Gasteiger partial charge in [0.05, 0.1) is 13.5 Å². The molecule has 0 saturated carbocycles. The second-order valence-electron chi connectivity index (χ2n) is 3.66. The zero-order valence-electron chi connectivity index (χ0n) is 10.4. The van der Waals surface area contributed by atoms with Gasteiger partial charge in [-0.15, -0.1) is 11.3 Å². The maximum Gasteiger partial charge on any atom is 0.310 e. The molecule has 0 aromatic carbocycles. The predicted molar refractivity (Wildman–Crippen MR) is 71.2 cm³/mol. The number of carbonyl (C=O) groups is 1. The van der Waals surface area contributed by atoms with Crippen LogP contribution in [0.25, 0.3) is 0 Å². The van der Waals surface area contributed by atoms with Gasteiger partial charge in [0.1, 0.15) is 0 Å². The Morgan fingerprint density at radius 2 is 2.24 bits per heavy atom. The number of ether oxygens (including phenoxy) is 1. The van der Waals surface area contributed by atoms with E-state index in [1.54, 1.807) is 11.3 Å². The summed E-state index contributed by atoms with van der Waals surface area (Å²) in [5.74, 6) is -0.181. The van der Waals surface area contributed by atoms with E-state index in [2.05, 4.69) is 28.3 Å². The summed E-state index contributed by atoms with van der Waals surface area (Å²) in [5, 5.41) is 3.36. The number of carbonyl (C=O) groups excluding carboxylic acids is 1. The highest BCUT2D eigenvalue weighted by Gasteiger charge is 2.05. The standard InChI is InChI=1S/C13H19NO2S/c1-3-4-5-8-14-10-12-7-6-11(17-12)9-13(15)16-2/h3-4,6-7,14H,5,8-10H2,1-2H3/b4-3+. The summed E-state index contributed by atoms with van der Waals surface area (Å²) in [6, 6.07) is 4.05. The average molecular weight is 253 g/mol. The van der Waals surface area contributed by atoms with Crippen LogP contribution >= 0.6 is 11.3 Å². The van der Waals surface area contributed by atoms with Gasteiger partial charge in [-0.05, 0) is 32.0 Å². The highest BCUT2D eigenvalue weighted by Crippen LogP contribution is 2.17. The minimum atomic E-state index is -0.181. The Morgan fingerprint density at radius 1 is 1.47 bits per heavy atom. The van der Waals surface area contributed by atoms with Crippen molar-refractivity contribution in [2.24, 2.45) is 0 Å². The van der Waals surface area contributed by atoms with Crippen molar-refractivity contribution in [1.29, 1.82) is 0 Å². The van der Waals surface area contributed by atoms with Crippen LogP contribution in [0.3, 0.4) is 0 Å². The fourth-order valence-electron chi connectivity index (χ4n) is 1.39. The molecular weight excluding hydrogens is 234 g/mol. The lowest BCUT2D eigenvalue weighted by molar-refractivity contribution is -0.139. The number of allylic oxidation sites excluding steroid dienone is 1. The van der Waals surface area contributed by atoms with Gasteiger partial charge in [-0.1, -0.05) is 12.2 Å². The Labute approximate surface area is 106 Å². The highest BCUT2D eigenvalue weighted by molar-refractivity contribution is 7.12. The van der Waals surface area contributed by atoms with Crippen LogP contribution in [0.4, 0.5) is 0 Å². The van der Waals surface area contributed by atoms with Crippen molar-refractivity contribution in [3.05, 3.63) is 34.0 Å². The van der Waals surface area contributed by atoms with E-state index >= 15 is 0 Å². The lowest BCUT2D eigenvalue weighted by atomic mass is 10.3. The number of hydrogen-bond acceptors (Lipinski definition) is 4. The van der Waals surface area contributed by atoms with E-state index in [4.69, 9.17) is 0 Å². The zero-order chi connectivity index (χ0) is 12.5. The van der Waals surface area contributed by atoms with Crippen LogP contribution in [-0.4, -0.2) is 19.6 Å². The Bertz CT molecular complexity index is 371. The molecule has 1 heterocycles. The predicted octanol–water partition coefficient (Wildman–Crippen LogP) is 2.52. The summed E-state index contributed by atoms with van der Waals surface area (Å²) in [7, 11) is 1.42. The molecule has 17 heavy (non-hydrogen) atoms. The minimum Gasteiger partial charge on any atom is -0.469 e. The normalized spacial score (nSPS) is 10.9. The molecular formula is C13H19NO2S. The van der Waals surface area contributed by atoms with E-state index in [1.807, 2.05) is 13.0 Å². The van der Waals surface area contributed by atoms with E-state index in [0.29, 0.717) is 6.42 Å². The molecule has 0 fully saturated rings. The Morgan fingerprint density at radius 3 is 2.94 bits per heavy atom. The third kappa shape index (κ3) is 5.65. The lowest BCUT2D eigenvalue weighted by Gasteiger charge is -1.99. The van der Waals surface area contributed by atoms with E-state index in [0.717, 1.165) is 24.4 Å². The molecule has 1 aromatic rings. The molecule has 3 nitrogen and oxygen atoms in total. The first kappa shape index (κ1) is 13.9. The molecule has 0 bridgehead atoms. The van der Waals surface area contributed by atoms with Crippen LogP contribution in [0.2, 0.25) is 0 Å². The number of thiophene rings is 1. The molecule has 0 unspecified atom stereocenters. The summed E-state index contributed by atoms with van der Waals surface area (Å²) < 4.78 is 4.63. The number of rotatable bonds is 7. The van der Waals surface area contributed by atoms with Gasteiger partial charge in [0.25, 0.3) is 0 Å². The fourth-order valence-corrected chi connectivity index (χ4v) is 2.36. The summed E-state index contributed by atoms with van der Waals surface area (Å²) in [5.41, 5.74) is 0. The van der Waals surface area contributed by atoms with Crippen molar-refractivity contribution in [2.45, 2.75) is 26.3 Å². The van der Waals surface area contributed by atoms with Crippen molar-refractivity contribution >= 4 is 17.3 Å². The van der Waals surface area contributed by atoms with Crippen molar-refractivity contribution in [2.75, 3.05) is 13.7 Å². The molecule has 0 aliphatic rings. The van der Waals surface area contributed by atoms with Gasteiger partial charge in [0.2, 0.25) is 0 Å². The zero-order valence-corrected chi connectivity index (χ0v) is 11.2. The van der Waals surface area contributed by atoms with Crippen molar-refractivity contribution in [1.82, 2.24) is 5.32 Å². The van der Waals surface area contributed by atoms with Gasteiger partial charge in [0, 0.05) is 16.3 Å². The molecule has 0 atom stereocenters. The number of esters is 1. The van der Waals surface area contributed by atoms with Crippen molar-refractivity contribution in [3.8, 4) is 0 Å². The molecule has 1 aromatic heterocycles. The number of methoxy groups -OCH3 is 1. The van der Waals surface area contributed by atoms with Crippen molar-refractivity contribution < 1.29 is 9.53 Å². The maximum atomic E-state index is 11.1. The second-order valence-corrected chi connectivity index (χ2v) is 4.91. The Hall–Kier alpha value is -1.13. The van der Waals surface area contributed by atoms with E-state index in [1.165, 1.54) is 12.0 Å². The molecule has 0 spiro atoms. The summed E-state index contributed by atoms with van der Waals surface area (Å²) >= 11 is 1.66. The third-order valence-electron chi connectivity index (χ3n) is 2.29. The number of hydrogen-bond donors (Lipinski definition) is 1. The molecule has 0 amide bonds. The van der Waals surface area contributed by atoms with Gasteiger partial charge < -0.3 is 10.1 Å². The Kier molecular flexibility index (Phi) is 6.58.